The molecule has 1 amide bonds. The van der Waals surface area contributed by atoms with Gasteiger partial charge in [-0.25, -0.2) is 13.1 Å². The Kier molecular flexibility index (Phi) is 8.82. The van der Waals surface area contributed by atoms with E-state index in [0.29, 0.717) is 25.3 Å². The van der Waals surface area contributed by atoms with Crippen LogP contribution in [0.4, 0.5) is 0 Å². The molecule has 2 aromatic carbocycles. The van der Waals surface area contributed by atoms with E-state index in [1.807, 2.05) is 18.2 Å². The number of fused-ring (bicyclic) bond motifs is 7. The molecule has 4 heterocycles. The van der Waals surface area contributed by atoms with E-state index in [2.05, 4.69) is 41.2 Å². The molecule has 4 atom stereocenters. The normalized spacial score (nSPS) is 28.0. The van der Waals surface area contributed by atoms with E-state index in [-0.39, 0.29) is 62.3 Å². The average Bonchev–Trinajstić information content (AvgIpc) is 3.81. The fourth-order valence-corrected chi connectivity index (χ4v) is 12.9. The van der Waals surface area contributed by atoms with Crippen LogP contribution < -0.4 is 9.46 Å². The number of hydrogen-bond acceptors (Lipinski definition) is 8. The van der Waals surface area contributed by atoms with Crippen LogP contribution in [-0.4, -0.2) is 111 Å². The lowest BCUT2D eigenvalue weighted by atomic mass is 9.81. The standard InChI is InChI=1S/C37H49N5O7S2/c1-24-21-41(22-25(2)39(24)3)50(44,45)37-20-32(37)31-19-28(48-4)11-13-29(31)35-34(26-8-6-5-7-9-26)30-12-10-27(18-33(30)42(35)23-37)36(43)38-51(46,47)40-14-16-49-17-15-40/h10-13,18-19,24-26,32H,5-9,14-17,20-23H2,1-4H3,(H,38,43)/t24-,25+,32?,37?. The Morgan fingerprint density at radius 2 is 1.65 bits per heavy atom. The number of benzene rings is 2. The molecule has 276 valence electrons. The molecule has 2 saturated carbocycles. The van der Waals surface area contributed by atoms with Crippen molar-refractivity contribution in [3.05, 3.63) is 53.1 Å². The topological polar surface area (TPSA) is 130 Å². The van der Waals surface area contributed by atoms with Crippen molar-refractivity contribution < 1.29 is 31.1 Å². The van der Waals surface area contributed by atoms with E-state index in [0.717, 1.165) is 53.4 Å². The summed E-state index contributed by atoms with van der Waals surface area (Å²) < 4.78 is 73.8. The van der Waals surface area contributed by atoms with Crippen LogP contribution in [0, 0.1) is 0 Å². The van der Waals surface area contributed by atoms with E-state index in [9.17, 15) is 13.2 Å². The van der Waals surface area contributed by atoms with Crippen molar-refractivity contribution in [1.82, 2.24) is 22.8 Å². The Bertz CT molecular complexity index is 2080. The van der Waals surface area contributed by atoms with E-state index >= 15 is 8.42 Å². The van der Waals surface area contributed by atoms with Crippen molar-refractivity contribution >= 4 is 37.0 Å². The van der Waals surface area contributed by atoms with Gasteiger partial charge in [0.1, 0.15) is 10.5 Å². The van der Waals surface area contributed by atoms with Crippen molar-refractivity contribution in [1.29, 1.82) is 0 Å². The first-order chi connectivity index (χ1) is 24.4. The van der Waals surface area contributed by atoms with Gasteiger partial charge in [0.2, 0.25) is 10.0 Å². The molecule has 2 unspecified atom stereocenters. The minimum atomic E-state index is -4.08. The largest absolute Gasteiger partial charge is 0.497 e. The number of carbonyl (C=O) groups is 1. The van der Waals surface area contributed by atoms with Crippen LogP contribution in [0.5, 0.6) is 5.75 Å². The second-order valence-corrected chi connectivity index (χ2v) is 19.3. The maximum absolute atomic E-state index is 15.1. The smallest absolute Gasteiger partial charge is 0.304 e. The van der Waals surface area contributed by atoms with Crippen LogP contribution >= 0.6 is 0 Å². The van der Waals surface area contributed by atoms with Gasteiger partial charge in [-0.2, -0.15) is 17.0 Å². The summed E-state index contributed by atoms with van der Waals surface area (Å²) in [5.74, 6) is 0.0225. The first kappa shape index (κ1) is 35.0. The van der Waals surface area contributed by atoms with E-state index in [1.165, 1.54) is 16.3 Å². The summed E-state index contributed by atoms with van der Waals surface area (Å²) in [6.07, 6.45) is 5.97. The summed E-state index contributed by atoms with van der Waals surface area (Å²) in [6.45, 7) is 6.13. The van der Waals surface area contributed by atoms with Crippen molar-refractivity contribution in [2.75, 3.05) is 53.6 Å². The third-order valence-corrected chi connectivity index (χ3v) is 16.5. The van der Waals surface area contributed by atoms with Crippen molar-refractivity contribution in [3.63, 3.8) is 0 Å². The van der Waals surface area contributed by atoms with Gasteiger partial charge in [0.15, 0.2) is 0 Å². The Morgan fingerprint density at radius 3 is 2.33 bits per heavy atom. The number of nitrogens with one attached hydrogen (secondary N) is 1. The van der Waals surface area contributed by atoms with Gasteiger partial charge >= 0.3 is 10.2 Å². The molecule has 0 bridgehead atoms. The number of likely N-dealkylation sites (N-methyl/N-ethyl adjacent to an activating group) is 1. The molecule has 4 fully saturated rings. The zero-order chi connectivity index (χ0) is 35.9. The second kappa shape index (κ2) is 12.8. The molecular formula is C37H49N5O7S2. The molecule has 8 rings (SSSR count). The zero-order valence-electron chi connectivity index (χ0n) is 29.9. The van der Waals surface area contributed by atoms with Crippen LogP contribution in [0.25, 0.3) is 22.2 Å². The van der Waals surface area contributed by atoms with Crippen molar-refractivity contribution in [3.8, 4) is 17.0 Å². The molecule has 0 spiro atoms. The Morgan fingerprint density at radius 1 is 0.941 bits per heavy atom. The Balaban J connectivity index is 1.29. The number of rotatable bonds is 7. The molecule has 12 nitrogen and oxygen atoms in total. The highest BCUT2D eigenvalue weighted by Crippen LogP contribution is 2.64. The maximum Gasteiger partial charge on any atom is 0.304 e. The average molecular weight is 740 g/mol. The molecule has 3 aromatic rings. The number of nitrogens with zero attached hydrogens (tertiary/aromatic N) is 4. The number of morpholine rings is 1. The van der Waals surface area contributed by atoms with Crippen LogP contribution in [0.15, 0.2) is 36.4 Å². The van der Waals surface area contributed by atoms with Crippen molar-refractivity contribution in [2.24, 2.45) is 0 Å². The molecular weight excluding hydrogens is 691 g/mol. The molecule has 51 heavy (non-hydrogen) atoms. The molecule has 0 radical (unpaired) electrons. The molecule has 2 aliphatic carbocycles. The minimum absolute atomic E-state index is 0.0750. The molecule has 1 aromatic heterocycles. The van der Waals surface area contributed by atoms with Gasteiger partial charge < -0.3 is 14.0 Å². The van der Waals surface area contributed by atoms with Gasteiger partial charge in [0.25, 0.3) is 5.91 Å². The molecule has 14 heteroatoms. The zero-order valence-corrected chi connectivity index (χ0v) is 31.6. The number of aromatic nitrogens is 1. The number of piperazine rings is 1. The van der Waals surface area contributed by atoms with Crippen LogP contribution in [0.2, 0.25) is 0 Å². The SMILES string of the molecule is COc1ccc2c(c1)C1CC1(S(=O)(=O)N1C[C@@H](C)N(C)[C@@H](C)C1)Cn1c-2c(C2CCCCC2)c2ccc(C(=O)NS(=O)(=O)N3CCOCC3)cc21. The monoisotopic (exact) mass is 739 g/mol. The fraction of sp³-hybridized carbons (Fsp3) is 0.595. The minimum Gasteiger partial charge on any atom is -0.497 e. The van der Waals surface area contributed by atoms with Gasteiger partial charge in [0, 0.05) is 72.8 Å². The number of amides is 1. The van der Waals surface area contributed by atoms with Gasteiger partial charge in [-0.3, -0.25) is 9.69 Å². The van der Waals surface area contributed by atoms with Gasteiger partial charge in [-0.15, -0.1) is 0 Å². The highest BCUT2D eigenvalue weighted by Gasteiger charge is 2.68. The second-order valence-electron chi connectivity index (χ2n) is 15.3. The van der Waals surface area contributed by atoms with E-state index in [1.54, 1.807) is 23.5 Å². The maximum atomic E-state index is 15.1. The number of carbonyl (C=O) groups excluding carboxylic acids is 1. The summed E-state index contributed by atoms with van der Waals surface area (Å²) in [5, 5.41) is 0.986. The summed E-state index contributed by atoms with van der Waals surface area (Å²) in [5.41, 5.74) is 5.16. The summed E-state index contributed by atoms with van der Waals surface area (Å²) >= 11 is 0. The van der Waals surface area contributed by atoms with Crippen molar-refractivity contribution in [2.45, 2.75) is 87.6 Å². The van der Waals surface area contributed by atoms with Gasteiger partial charge in [-0.1, -0.05) is 25.3 Å². The van der Waals surface area contributed by atoms with E-state index in [4.69, 9.17) is 9.47 Å². The van der Waals surface area contributed by atoms with Crippen LogP contribution in [0.1, 0.15) is 85.7 Å². The fourth-order valence-electron chi connectivity index (χ4n) is 9.27. The number of sulfonamides is 1. The Hall–Kier alpha value is -3.01. The van der Waals surface area contributed by atoms with Crippen LogP contribution in [0.3, 0.4) is 0 Å². The number of hydrogen-bond donors (Lipinski definition) is 1. The first-order valence-electron chi connectivity index (χ1n) is 18.3. The third kappa shape index (κ3) is 5.72. The molecule has 3 aliphatic heterocycles. The highest BCUT2D eigenvalue weighted by molar-refractivity contribution is 7.91. The predicted molar refractivity (Wildman–Crippen MR) is 196 cm³/mol. The third-order valence-electron chi connectivity index (χ3n) is 12.4. The lowest BCUT2D eigenvalue weighted by molar-refractivity contribution is 0.0719. The first-order valence-corrected chi connectivity index (χ1v) is 21.2. The van der Waals surface area contributed by atoms with Gasteiger partial charge in [0.05, 0.1) is 26.0 Å². The number of ether oxygens (including phenoxy) is 2. The summed E-state index contributed by atoms with van der Waals surface area (Å²) in [4.78, 5) is 15.9. The predicted octanol–water partition coefficient (Wildman–Crippen LogP) is 4.27. The lowest BCUT2D eigenvalue weighted by Gasteiger charge is -2.43. The highest BCUT2D eigenvalue weighted by atomic mass is 32.2. The molecule has 1 N–H and O–H groups in total. The van der Waals surface area contributed by atoms with E-state index < -0.39 is 30.9 Å². The lowest BCUT2D eigenvalue weighted by Crippen LogP contribution is -2.58. The van der Waals surface area contributed by atoms with Crippen LogP contribution in [-0.2, 0) is 31.5 Å². The number of methoxy groups -OCH3 is 1. The van der Waals surface area contributed by atoms with Gasteiger partial charge in [-0.05, 0) is 87.5 Å². The summed E-state index contributed by atoms with van der Waals surface area (Å²) in [7, 11) is -4.19. The summed E-state index contributed by atoms with van der Waals surface area (Å²) in [6, 6.07) is 11.6. The Labute approximate surface area is 301 Å². The molecule has 5 aliphatic rings. The quantitative estimate of drug-likeness (QED) is 0.381. The molecule has 2 saturated heterocycles.